The van der Waals surface area contributed by atoms with Crippen LogP contribution in [0.2, 0.25) is 0 Å². The minimum atomic E-state index is -3.25. The Kier molecular flexibility index (Phi) is 5.11. The number of hydrogen-bond acceptors (Lipinski definition) is 3. The van der Waals surface area contributed by atoms with Gasteiger partial charge in [0.15, 0.2) is 0 Å². The van der Waals surface area contributed by atoms with E-state index in [0.717, 1.165) is 11.1 Å². The third-order valence-corrected chi connectivity index (χ3v) is 3.72. The zero-order valence-electron chi connectivity index (χ0n) is 10.3. The van der Waals surface area contributed by atoms with Crippen LogP contribution in [0.4, 0.5) is 0 Å². The zero-order valence-corrected chi connectivity index (χ0v) is 11.1. The molecule has 0 fully saturated rings. The molecule has 1 atom stereocenters. The summed E-state index contributed by atoms with van der Waals surface area (Å²) >= 11 is 0. The third-order valence-electron chi connectivity index (χ3n) is 2.36. The van der Waals surface area contributed by atoms with Gasteiger partial charge in [0.05, 0.1) is 5.75 Å². The van der Waals surface area contributed by atoms with Crippen molar-refractivity contribution in [1.82, 2.24) is 4.72 Å². The zero-order chi connectivity index (χ0) is 12.9. The van der Waals surface area contributed by atoms with E-state index < -0.39 is 10.0 Å². The smallest absolute Gasteiger partial charge is 0.215 e. The highest BCUT2D eigenvalue weighted by Gasteiger charge is 2.11. The Labute approximate surface area is 103 Å². The van der Waals surface area contributed by atoms with E-state index in [1.807, 2.05) is 38.1 Å². The molecule has 0 aromatic heterocycles. The van der Waals surface area contributed by atoms with E-state index in [2.05, 4.69) is 4.72 Å². The Morgan fingerprint density at radius 2 is 2.12 bits per heavy atom. The van der Waals surface area contributed by atoms with Crippen molar-refractivity contribution in [2.24, 2.45) is 5.73 Å². The molecule has 0 spiro atoms. The van der Waals surface area contributed by atoms with E-state index in [1.54, 1.807) is 0 Å². The molecule has 0 aliphatic heterocycles. The van der Waals surface area contributed by atoms with E-state index in [9.17, 15) is 8.42 Å². The van der Waals surface area contributed by atoms with Crippen molar-refractivity contribution in [3.8, 4) is 0 Å². The Bertz CT molecular complexity index is 455. The molecular weight excluding hydrogens is 236 g/mol. The van der Waals surface area contributed by atoms with Crippen LogP contribution in [-0.4, -0.2) is 21.0 Å². The van der Waals surface area contributed by atoms with Crippen LogP contribution in [0.3, 0.4) is 0 Å². The van der Waals surface area contributed by atoms with Crippen LogP contribution >= 0.6 is 0 Å². The molecule has 1 aromatic carbocycles. The van der Waals surface area contributed by atoms with Gasteiger partial charge in [-0.2, -0.15) is 0 Å². The quantitative estimate of drug-likeness (QED) is 0.802. The molecule has 0 amide bonds. The van der Waals surface area contributed by atoms with Crippen molar-refractivity contribution >= 4 is 10.0 Å². The first-order valence-corrected chi connectivity index (χ1v) is 7.33. The van der Waals surface area contributed by atoms with Crippen molar-refractivity contribution < 1.29 is 8.42 Å². The summed E-state index contributed by atoms with van der Waals surface area (Å²) in [6.07, 6.45) is 0.646. The average molecular weight is 256 g/mol. The largest absolute Gasteiger partial charge is 0.328 e. The SMILES string of the molecule is Cc1cccc(CS(=O)(=O)NCCC(C)N)c1. The maximum absolute atomic E-state index is 11.7. The minimum absolute atomic E-state index is 0.0108. The van der Waals surface area contributed by atoms with E-state index in [4.69, 9.17) is 5.73 Å². The first kappa shape index (κ1) is 14.2. The van der Waals surface area contributed by atoms with Crippen LogP contribution in [0.25, 0.3) is 0 Å². The third kappa shape index (κ3) is 5.81. The molecule has 0 heterocycles. The molecule has 0 aliphatic rings. The minimum Gasteiger partial charge on any atom is -0.328 e. The number of rotatable bonds is 6. The molecule has 0 saturated heterocycles. The summed E-state index contributed by atoms with van der Waals surface area (Å²) in [6.45, 7) is 4.19. The fraction of sp³-hybridized carbons (Fsp3) is 0.500. The summed E-state index contributed by atoms with van der Waals surface area (Å²) in [7, 11) is -3.25. The van der Waals surface area contributed by atoms with Gasteiger partial charge in [0, 0.05) is 12.6 Å². The molecule has 1 unspecified atom stereocenters. The normalized spacial score (nSPS) is 13.6. The molecule has 0 saturated carbocycles. The second-order valence-corrected chi connectivity index (χ2v) is 6.22. The highest BCUT2D eigenvalue weighted by Crippen LogP contribution is 2.07. The number of hydrogen-bond donors (Lipinski definition) is 2. The predicted octanol–water partition coefficient (Wildman–Crippen LogP) is 1.15. The molecule has 3 N–H and O–H groups in total. The lowest BCUT2D eigenvalue weighted by atomic mass is 10.2. The van der Waals surface area contributed by atoms with E-state index in [-0.39, 0.29) is 11.8 Å². The molecule has 0 aliphatic carbocycles. The van der Waals surface area contributed by atoms with Gasteiger partial charge in [-0.1, -0.05) is 29.8 Å². The van der Waals surface area contributed by atoms with Crippen molar-refractivity contribution in [3.63, 3.8) is 0 Å². The molecule has 96 valence electrons. The highest BCUT2D eigenvalue weighted by molar-refractivity contribution is 7.88. The van der Waals surface area contributed by atoms with Crippen molar-refractivity contribution in [2.45, 2.75) is 32.1 Å². The van der Waals surface area contributed by atoms with Gasteiger partial charge in [-0.3, -0.25) is 0 Å². The Morgan fingerprint density at radius 1 is 1.41 bits per heavy atom. The van der Waals surface area contributed by atoms with Crippen molar-refractivity contribution in [3.05, 3.63) is 35.4 Å². The second-order valence-electron chi connectivity index (χ2n) is 4.41. The van der Waals surface area contributed by atoms with Crippen LogP contribution in [0.1, 0.15) is 24.5 Å². The van der Waals surface area contributed by atoms with Gasteiger partial charge in [0.1, 0.15) is 0 Å². The summed E-state index contributed by atoms with van der Waals surface area (Å²) in [4.78, 5) is 0. The van der Waals surface area contributed by atoms with Gasteiger partial charge in [0.2, 0.25) is 10.0 Å². The lowest BCUT2D eigenvalue weighted by Gasteiger charge is -2.08. The van der Waals surface area contributed by atoms with Crippen molar-refractivity contribution in [1.29, 1.82) is 0 Å². The number of aryl methyl sites for hydroxylation is 1. The van der Waals surface area contributed by atoms with Gasteiger partial charge in [-0.15, -0.1) is 0 Å². The first-order valence-electron chi connectivity index (χ1n) is 5.67. The molecule has 0 radical (unpaired) electrons. The van der Waals surface area contributed by atoms with Gasteiger partial charge in [0.25, 0.3) is 0 Å². The highest BCUT2D eigenvalue weighted by atomic mass is 32.2. The summed E-state index contributed by atoms with van der Waals surface area (Å²) in [5.74, 6) is 0.0215. The Morgan fingerprint density at radius 3 is 2.71 bits per heavy atom. The van der Waals surface area contributed by atoms with Crippen LogP contribution < -0.4 is 10.5 Å². The summed E-state index contributed by atoms with van der Waals surface area (Å²) in [6, 6.07) is 7.52. The predicted molar refractivity (Wildman–Crippen MR) is 70.1 cm³/mol. The van der Waals surface area contributed by atoms with E-state index >= 15 is 0 Å². The van der Waals surface area contributed by atoms with Crippen LogP contribution in [-0.2, 0) is 15.8 Å². The Balaban J connectivity index is 2.55. The summed E-state index contributed by atoms with van der Waals surface area (Å²) < 4.78 is 26.0. The first-order chi connectivity index (χ1) is 7.89. The van der Waals surface area contributed by atoms with Gasteiger partial charge < -0.3 is 5.73 Å². The lowest BCUT2D eigenvalue weighted by molar-refractivity contribution is 0.571. The summed E-state index contributed by atoms with van der Waals surface area (Å²) in [5, 5.41) is 0. The van der Waals surface area contributed by atoms with Gasteiger partial charge in [-0.05, 0) is 25.8 Å². The summed E-state index contributed by atoms with van der Waals surface area (Å²) in [5.41, 5.74) is 7.43. The van der Waals surface area contributed by atoms with Crippen LogP contribution in [0, 0.1) is 6.92 Å². The topological polar surface area (TPSA) is 72.2 Å². The maximum atomic E-state index is 11.7. The number of nitrogens with two attached hydrogens (primary N) is 1. The molecule has 5 heteroatoms. The van der Waals surface area contributed by atoms with Crippen LogP contribution in [0.15, 0.2) is 24.3 Å². The number of nitrogens with one attached hydrogen (secondary N) is 1. The van der Waals surface area contributed by atoms with Crippen molar-refractivity contribution in [2.75, 3.05) is 6.54 Å². The lowest BCUT2D eigenvalue weighted by Crippen LogP contribution is -2.29. The van der Waals surface area contributed by atoms with Crippen LogP contribution in [0.5, 0.6) is 0 Å². The average Bonchev–Trinajstić information content (AvgIpc) is 2.15. The molecule has 1 aromatic rings. The monoisotopic (exact) mass is 256 g/mol. The van der Waals surface area contributed by atoms with E-state index in [0.29, 0.717) is 13.0 Å². The molecular formula is C12H20N2O2S. The maximum Gasteiger partial charge on any atom is 0.215 e. The van der Waals surface area contributed by atoms with Gasteiger partial charge in [-0.25, -0.2) is 13.1 Å². The molecule has 1 rings (SSSR count). The molecule has 4 nitrogen and oxygen atoms in total. The number of benzene rings is 1. The Hall–Kier alpha value is -0.910. The fourth-order valence-electron chi connectivity index (χ4n) is 1.51. The standard InChI is InChI=1S/C12H20N2O2S/c1-10-4-3-5-12(8-10)9-17(15,16)14-7-6-11(2)13/h3-5,8,11,14H,6-7,9,13H2,1-2H3. The van der Waals surface area contributed by atoms with E-state index in [1.165, 1.54) is 0 Å². The van der Waals surface area contributed by atoms with Gasteiger partial charge >= 0.3 is 0 Å². The fourth-order valence-corrected chi connectivity index (χ4v) is 2.66. The molecule has 17 heavy (non-hydrogen) atoms. The molecule has 0 bridgehead atoms. The second kappa shape index (κ2) is 6.14. The number of sulfonamides is 1.